The molecule has 0 aliphatic carbocycles. The number of carbonyl (C=O) groups is 1. The van der Waals surface area contributed by atoms with Gasteiger partial charge in [0.05, 0.1) is 0 Å². The maximum atomic E-state index is 13.3. The number of ketones is 1. The summed E-state index contributed by atoms with van der Waals surface area (Å²) in [7, 11) is 0. The third kappa shape index (κ3) is 2.17. The third-order valence-electron chi connectivity index (χ3n) is 2.76. The lowest BCUT2D eigenvalue weighted by atomic mass is 10.1. The first kappa shape index (κ1) is 10.1. The monoisotopic (exact) mass is 207 g/mol. The van der Waals surface area contributed by atoms with Gasteiger partial charge < -0.3 is 4.90 Å². The molecule has 1 heterocycles. The average Bonchev–Trinajstić information content (AvgIpc) is 2.69. The SMILES string of the molecule is CC(=O)c1cc(F)cc(N2CCCC2)c1. The van der Waals surface area contributed by atoms with Crippen LogP contribution < -0.4 is 4.90 Å². The van der Waals surface area contributed by atoms with Crippen molar-refractivity contribution in [1.29, 1.82) is 0 Å². The van der Waals surface area contributed by atoms with Gasteiger partial charge in [-0.2, -0.15) is 0 Å². The van der Waals surface area contributed by atoms with E-state index in [4.69, 9.17) is 0 Å². The molecule has 0 N–H and O–H groups in total. The van der Waals surface area contributed by atoms with Crippen LogP contribution in [-0.4, -0.2) is 18.9 Å². The second-order valence-electron chi connectivity index (χ2n) is 3.95. The zero-order chi connectivity index (χ0) is 10.8. The van der Waals surface area contributed by atoms with E-state index < -0.39 is 0 Å². The van der Waals surface area contributed by atoms with Crippen LogP contribution in [0.5, 0.6) is 0 Å². The predicted molar refractivity (Wildman–Crippen MR) is 57.9 cm³/mol. The third-order valence-corrected chi connectivity index (χ3v) is 2.76. The van der Waals surface area contributed by atoms with Crippen LogP contribution >= 0.6 is 0 Å². The lowest BCUT2D eigenvalue weighted by Gasteiger charge is -2.18. The summed E-state index contributed by atoms with van der Waals surface area (Å²) in [6.45, 7) is 3.38. The molecule has 1 aromatic carbocycles. The van der Waals surface area contributed by atoms with Gasteiger partial charge in [-0.3, -0.25) is 4.79 Å². The topological polar surface area (TPSA) is 20.3 Å². The van der Waals surface area contributed by atoms with E-state index in [0.29, 0.717) is 5.56 Å². The number of benzene rings is 1. The first-order chi connectivity index (χ1) is 7.16. The van der Waals surface area contributed by atoms with Gasteiger partial charge in [-0.15, -0.1) is 0 Å². The van der Waals surface area contributed by atoms with Crippen molar-refractivity contribution in [2.75, 3.05) is 18.0 Å². The number of rotatable bonds is 2. The maximum Gasteiger partial charge on any atom is 0.159 e. The van der Waals surface area contributed by atoms with E-state index in [2.05, 4.69) is 4.90 Å². The Balaban J connectivity index is 2.34. The molecule has 0 atom stereocenters. The first-order valence-corrected chi connectivity index (χ1v) is 5.23. The molecule has 80 valence electrons. The number of nitrogens with zero attached hydrogens (tertiary/aromatic N) is 1. The molecule has 1 aliphatic heterocycles. The highest BCUT2D eigenvalue weighted by molar-refractivity contribution is 5.95. The molecule has 0 aromatic heterocycles. The zero-order valence-electron chi connectivity index (χ0n) is 8.79. The van der Waals surface area contributed by atoms with Crippen LogP contribution in [-0.2, 0) is 0 Å². The Morgan fingerprint density at radius 2 is 1.93 bits per heavy atom. The van der Waals surface area contributed by atoms with E-state index in [-0.39, 0.29) is 11.6 Å². The van der Waals surface area contributed by atoms with E-state index in [0.717, 1.165) is 31.6 Å². The minimum atomic E-state index is -0.329. The second kappa shape index (κ2) is 4.01. The second-order valence-corrected chi connectivity index (χ2v) is 3.95. The fourth-order valence-corrected chi connectivity index (χ4v) is 1.94. The van der Waals surface area contributed by atoms with E-state index in [1.165, 1.54) is 19.1 Å². The Morgan fingerprint density at radius 1 is 1.27 bits per heavy atom. The molecule has 3 heteroatoms. The molecule has 2 rings (SSSR count). The molecule has 1 saturated heterocycles. The normalized spacial score (nSPS) is 15.7. The fourth-order valence-electron chi connectivity index (χ4n) is 1.94. The molecule has 1 aromatic rings. The Morgan fingerprint density at radius 3 is 2.53 bits per heavy atom. The Hall–Kier alpha value is -1.38. The number of carbonyl (C=O) groups excluding carboxylic acids is 1. The summed E-state index contributed by atoms with van der Waals surface area (Å²) < 4.78 is 13.3. The van der Waals surface area contributed by atoms with Crippen molar-refractivity contribution in [3.8, 4) is 0 Å². The largest absolute Gasteiger partial charge is 0.371 e. The minimum absolute atomic E-state index is 0.0880. The van der Waals surface area contributed by atoms with Gasteiger partial charge in [0.25, 0.3) is 0 Å². The number of hydrogen-bond donors (Lipinski definition) is 0. The Bertz CT molecular complexity index is 383. The molecule has 1 fully saturated rings. The summed E-state index contributed by atoms with van der Waals surface area (Å²) in [5.41, 5.74) is 1.29. The van der Waals surface area contributed by atoms with Gasteiger partial charge in [0.15, 0.2) is 5.78 Å². The van der Waals surface area contributed by atoms with Crippen LogP contribution in [0.1, 0.15) is 30.1 Å². The molecular formula is C12H14FNO. The van der Waals surface area contributed by atoms with Gasteiger partial charge >= 0.3 is 0 Å². The van der Waals surface area contributed by atoms with Crippen molar-refractivity contribution in [3.63, 3.8) is 0 Å². The molecule has 15 heavy (non-hydrogen) atoms. The number of halogens is 1. The number of hydrogen-bond acceptors (Lipinski definition) is 2. The molecule has 0 spiro atoms. The van der Waals surface area contributed by atoms with Crippen LogP contribution in [0.15, 0.2) is 18.2 Å². The van der Waals surface area contributed by atoms with E-state index in [9.17, 15) is 9.18 Å². The van der Waals surface area contributed by atoms with Gasteiger partial charge in [-0.25, -0.2) is 4.39 Å². The summed E-state index contributed by atoms with van der Waals surface area (Å²) >= 11 is 0. The van der Waals surface area contributed by atoms with Crippen LogP contribution in [0.25, 0.3) is 0 Å². The fraction of sp³-hybridized carbons (Fsp3) is 0.417. The molecule has 1 aliphatic rings. The number of anilines is 1. The summed E-state index contributed by atoms with van der Waals surface area (Å²) in [4.78, 5) is 13.3. The van der Waals surface area contributed by atoms with Crippen LogP contribution in [0.2, 0.25) is 0 Å². The number of Topliss-reactive ketones (excluding diaryl/α,β-unsaturated/α-hetero) is 1. The van der Waals surface area contributed by atoms with Crippen molar-refractivity contribution in [2.24, 2.45) is 0 Å². The quantitative estimate of drug-likeness (QED) is 0.695. The highest BCUT2D eigenvalue weighted by atomic mass is 19.1. The Labute approximate surface area is 88.7 Å². The van der Waals surface area contributed by atoms with Gasteiger partial charge in [-0.1, -0.05) is 0 Å². The predicted octanol–water partition coefficient (Wildman–Crippen LogP) is 2.63. The standard InChI is InChI=1S/C12H14FNO/c1-9(15)10-6-11(13)8-12(7-10)14-4-2-3-5-14/h6-8H,2-5H2,1H3. The molecule has 0 amide bonds. The summed E-state index contributed by atoms with van der Waals surface area (Å²) in [6, 6.07) is 4.57. The lowest BCUT2D eigenvalue weighted by molar-refractivity contribution is 0.101. The van der Waals surface area contributed by atoms with Crippen molar-refractivity contribution >= 4 is 11.5 Å². The van der Waals surface area contributed by atoms with E-state index in [1.807, 2.05) is 0 Å². The van der Waals surface area contributed by atoms with E-state index in [1.54, 1.807) is 6.07 Å². The highest BCUT2D eigenvalue weighted by Crippen LogP contribution is 2.22. The van der Waals surface area contributed by atoms with Crippen LogP contribution in [0, 0.1) is 5.82 Å². The molecule has 0 unspecified atom stereocenters. The average molecular weight is 207 g/mol. The Kier molecular flexibility index (Phi) is 2.71. The van der Waals surface area contributed by atoms with Gasteiger partial charge in [-0.05, 0) is 38.0 Å². The van der Waals surface area contributed by atoms with Crippen molar-refractivity contribution in [3.05, 3.63) is 29.6 Å². The maximum absolute atomic E-state index is 13.3. The van der Waals surface area contributed by atoms with Crippen LogP contribution in [0.3, 0.4) is 0 Å². The van der Waals surface area contributed by atoms with E-state index >= 15 is 0 Å². The molecule has 2 nitrogen and oxygen atoms in total. The summed E-state index contributed by atoms with van der Waals surface area (Å²) in [5.74, 6) is -0.417. The van der Waals surface area contributed by atoms with Gasteiger partial charge in [0, 0.05) is 24.3 Å². The smallest absolute Gasteiger partial charge is 0.159 e. The summed E-state index contributed by atoms with van der Waals surface area (Å²) in [6.07, 6.45) is 2.29. The van der Waals surface area contributed by atoms with Crippen molar-refractivity contribution in [2.45, 2.75) is 19.8 Å². The van der Waals surface area contributed by atoms with Crippen molar-refractivity contribution < 1.29 is 9.18 Å². The van der Waals surface area contributed by atoms with Gasteiger partial charge in [0.2, 0.25) is 0 Å². The molecule has 0 saturated carbocycles. The van der Waals surface area contributed by atoms with Crippen LogP contribution in [0.4, 0.5) is 10.1 Å². The zero-order valence-corrected chi connectivity index (χ0v) is 8.79. The molecule has 0 radical (unpaired) electrons. The van der Waals surface area contributed by atoms with Crippen molar-refractivity contribution in [1.82, 2.24) is 0 Å². The highest BCUT2D eigenvalue weighted by Gasteiger charge is 2.14. The molecular weight excluding hydrogens is 193 g/mol. The first-order valence-electron chi connectivity index (χ1n) is 5.23. The van der Waals surface area contributed by atoms with Gasteiger partial charge in [0.1, 0.15) is 5.82 Å². The summed E-state index contributed by atoms with van der Waals surface area (Å²) in [5, 5.41) is 0. The lowest BCUT2D eigenvalue weighted by Crippen LogP contribution is -2.18. The minimum Gasteiger partial charge on any atom is -0.371 e. The molecule has 0 bridgehead atoms.